The van der Waals surface area contributed by atoms with E-state index >= 15 is 0 Å². The molecule has 2 nitrogen and oxygen atoms in total. The Morgan fingerprint density at radius 3 is 2.41 bits per heavy atom. The minimum absolute atomic E-state index is 0.0192. The standard InChI is InChI=1S/C13H9Cl2NO/c14-11-3-1-10(2-4-11)13(17)6-9-5-12(15)8-16-7-9/h1-5,7-8H,6H2. The highest BCUT2D eigenvalue weighted by atomic mass is 35.5. The second-order valence-corrected chi connectivity index (χ2v) is 4.49. The highest BCUT2D eigenvalue weighted by Crippen LogP contribution is 2.14. The van der Waals surface area contributed by atoms with Crippen molar-refractivity contribution >= 4 is 29.0 Å². The lowest BCUT2D eigenvalue weighted by Crippen LogP contribution is -2.03. The van der Waals surface area contributed by atoms with Crippen molar-refractivity contribution in [3.05, 3.63) is 63.9 Å². The van der Waals surface area contributed by atoms with Crippen LogP contribution in [0.25, 0.3) is 0 Å². The molecule has 86 valence electrons. The number of ketones is 1. The van der Waals surface area contributed by atoms with Crippen LogP contribution in [-0.2, 0) is 6.42 Å². The molecule has 0 atom stereocenters. The van der Waals surface area contributed by atoms with E-state index < -0.39 is 0 Å². The summed E-state index contributed by atoms with van der Waals surface area (Å²) >= 11 is 11.6. The van der Waals surface area contributed by atoms with Crippen LogP contribution in [0.15, 0.2) is 42.7 Å². The zero-order chi connectivity index (χ0) is 12.3. The zero-order valence-corrected chi connectivity index (χ0v) is 10.4. The minimum atomic E-state index is 0.0192. The molecule has 1 aromatic carbocycles. The van der Waals surface area contributed by atoms with Gasteiger partial charge in [0.2, 0.25) is 0 Å². The van der Waals surface area contributed by atoms with Gasteiger partial charge in [0.05, 0.1) is 5.02 Å². The van der Waals surface area contributed by atoms with Gasteiger partial charge in [-0.1, -0.05) is 23.2 Å². The Morgan fingerprint density at radius 2 is 1.76 bits per heavy atom. The average Bonchev–Trinajstić information content (AvgIpc) is 2.29. The van der Waals surface area contributed by atoms with Crippen molar-refractivity contribution in [2.24, 2.45) is 0 Å². The predicted octanol–water partition coefficient (Wildman–Crippen LogP) is 3.81. The van der Waals surface area contributed by atoms with E-state index in [4.69, 9.17) is 23.2 Å². The molecule has 0 saturated heterocycles. The summed E-state index contributed by atoms with van der Waals surface area (Å²) in [4.78, 5) is 15.9. The number of carbonyl (C=O) groups excluding carboxylic acids is 1. The van der Waals surface area contributed by atoms with Gasteiger partial charge >= 0.3 is 0 Å². The molecule has 0 saturated carbocycles. The fraction of sp³-hybridized carbons (Fsp3) is 0.0769. The third-order valence-corrected chi connectivity index (χ3v) is 2.75. The van der Waals surface area contributed by atoms with Crippen LogP contribution in [0.1, 0.15) is 15.9 Å². The molecule has 4 heteroatoms. The molecule has 0 spiro atoms. The molecule has 0 radical (unpaired) electrons. The van der Waals surface area contributed by atoms with Crippen LogP contribution in [-0.4, -0.2) is 10.8 Å². The summed E-state index contributed by atoms with van der Waals surface area (Å²) < 4.78 is 0. The molecular formula is C13H9Cl2NO. The van der Waals surface area contributed by atoms with E-state index in [1.807, 2.05) is 0 Å². The van der Waals surface area contributed by atoms with Gasteiger partial charge in [-0.25, -0.2) is 0 Å². The van der Waals surface area contributed by atoms with Gasteiger partial charge in [-0.2, -0.15) is 0 Å². The quantitative estimate of drug-likeness (QED) is 0.790. The molecule has 2 rings (SSSR count). The molecule has 2 aromatic rings. The number of hydrogen-bond donors (Lipinski definition) is 0. The predicted molar refractivity (Wildman–Crippen MR) is 68.7 cm³/mol. The number of pyridine rings is 1. The van der Waals surface area contributed by atoms with Crippen LogP contribution in [0, 0.1) is 0 Å². The van der Waals surface area contributed by atoms with Gasteiger partial charge in [0, 0.05) is 29.4 Å². The maximum atomic E-state index is 11.9. The van der Waals surface area contributed by atoms with Gasteiger partial charge in [0.15, 0.2) is 5.78 Å². The molecule has 0 fully saturated rings. The van der Waals surface area contributed by atoms with E-state index in [9.17, 15) is 4.79 Å². The van der Waals surface area contributed by atoms with E-state index in [-0.39, 0.29) is 12.2 Å². The molecular weight excluding hydrogens is 257 g/mol. The van der Waals surface area contributed by atoms with E-state index in [1.54, 1.807) is 36.5 Å². The number of aromatic nitrogens is 1. The normalized spacial score (nSPS) is 10.2. The molecule has 0 aliphatic rings. The lowest BCUT2D eigenvalue weighted by molar-refractivity contribution is 0.0993. The van der Waals surface area contributed by atoms with Crippen LogP contribution in [0.4, 0.5) is 0 Å². The molecule has 0 N–H and O–H groups in total. The van der Waals surface area contributed by atoms with E-state index in [1.165, 1.54) is 6.20 Å². The minimum Gasteiger partial charge on any atom is -0.294 e. The van der Waals surface area contributed by atoms with Crippen molar-refractivity contribution in [1.29, 1.82) is 0 Å². The van der Waals surface area contributed by atoms with Gasteiger partial charge < -0.3 is 0 Å². The number of nitrogens with zero attached hydrogens (tertiary/aromatic N) is 1. The maximum absolute atomic E-state index is 11.9. The summed E-state index contributed by atoms with van der Waals surface area (Å²) in [5.41, 5.74) is 1.44. The Morgan fingerprint density at radius 1 is 1.06 bits per heavy atom. The van der Waals surface area contributed by atoms with Crippen LogP contribution in [0.2, 0.25) is 10.0 Å². The number of Topliss-reactive ketones (excluding diaryl/α,β-unsaturated/α-hetero) is 1. The Balaban J connectivity index is 2.14. The molecule has 1 aromatic heterocycles. The third kappa shape index (κ3) is 3.29. The smallest absolute Gasteiger partial charge is 0.167 e. The van der Waals surface area contributed by atoms with Crippen molar-refractivity contribution in [2.75, 3.05) is 0 Å². The Kier molecular flexibility index (Phi) is 3.77. The molecule has 0 bridgehead atoms. The van der Waals surface area contributed by atoms with E-state index in [2.05, 4.69) is 4.98 Å². The molecule has 1 heterocycles. The first-order valence-electron chi connectivity index (χ1n) is 5.03. The van der Waals surface area contributed by atoms with Gasteiger partial charge in [0.25, 0.3) is 0 Å². The third-order valence-electron chi connectivity index (χ3n) is 2.29. The Bertz CT molecular complexity index is 537. The highest BCUT2D eigenvalue weighted by Gasteiger charge is 2.07. The summed E-state index contributed by atoms with van der Waals surface area (Å²) in [6, 6.07) is 8.56. The van der Waals surface area contributed by atoms with Crippen molar-refractivity contribution in [1.82, 2.24) is 4.98 Å². The van der Waals surface area contributed by atoms with Crippen molar-refractivity contribution in [2.45, 2.75) is 6.42 Å². The number of benzene rings is 1. The number of halogens is 2. The second kappa shape index (κ2) is 5.30. The van der Waals surface area contributed by atoms with Gasteiger partial charge in [-0.15, -0.1) is 0 Å². The summed E-state index contributed by atoms with van der Waals surface area (Å²) in [7, 11) is 0. The lowest BCUT2D eigenvalue weighted by Gasteiger charge is -2.01. The fourth-order valence-electron chi connectivity index (χ4n) is 1.48. The lowest BCUT2D eigenvalue weighted by atomic mass is 10.0. The molecule has 17 heavy (non-hydrogen) atoms. The van der Waals surface area contributed by atoms with Crippen LogP contribution >= 0.6 is 23.2 Å². The number of hydrogen-bond acceptors (Lipinski definition) is 2. The first kappa shape index (κ1) is 12.1. The van der Waals surface area contributed by atoms with E-state index in [0.29, 0.717) is 15.6 Å². The summed E-state index contributed by atoms with van der Waals surface area (Å²) in [6.45, 7) is 0. The van der Waals surface area contributed by atoms with Gasteiger partial charge in [0.1, 0.15) is 0 Å². The zero-order valence-electron chi connectivity index (χ0n) is 8.86. The van der Waals surface area contributed by atoms with Crippen molar-refractivity contribution in [3.63, 3.8) is 0 Å². The van der Waals surface area contributed by atoms with Gasteiger partial charge in [-0.3, -0.25) is 9.78 Å². The number of carbonyl (C=O) groups is 1. The van der Waals surface area contributed by atoms with Gasteiger partial charge in [-0.05, 0) is 35.9 Å². The first-order valence-corrected chi connectivity index (χ1v) is 5.79. The average molecular weight is 266 g/mol. The SMILES string of the molecule is O=C(Cc1cncc(Cl)c1)c1ccc(Cl)cc1. The molecule has 0 amide bonds. The Hall–Kier alpha value is -1.38. The van der Waals surface area contributed by atoms with Crippen molar-refractivity contribution in [3.8, 4) is 0 Å². The van der Waals surface area contributed by atoms with E-state index in [0.717, 1.165) is 5.56 Å². The highest BCUT2D eigenvalue weighted by molar-refractivity contribution is 6.31. The van der Waals surface area contributed by atoms with Crippen LogP contribution in [0.5, 0.6) is 0 Å². The molecule has 0 aliphatic heterocycles. The summed E-state index contributed by atoms with van der Waals surface area (Å²) in [5, 5.41) is 1.15. The Labute approximate surface area is 109 Å². The summed E-state index contributed by atoms with van der Waals surface area (Å²) in [6.07, 6.45) is 3.46. The first-order chi connectivity index (χ1) is 8.15. The monoisotopic (exact) mass is 265 g/mol. The fourth-order valence-corrected chi connectivity index (χ4v) is 1.80. The number of rotatable bonds is 3. The molecule has 0 aliphatic carbocycles. The molecule has 0 unspecified atom stereocenters. The van der Waals surface area contributed by atoms with Crippen LogP contribution < -0.4 is 0 Å². The maximum Gasteiger partial charge on any atom is 0.167 e. The second-order valence-electron chi connectivity index (χ2n) is 3.62. The summed E-state index contributed by atoms with van der Waals surface area (Å²) in [5.74, 6) is 0.0192. The van der Waals surface area contributed by atoms with Crippen LogP contribution in [0.3, 0.4) is 0 Å². The largest absolute Gasteiger partial charge is 0.294 e. The van der Waals surface area contributed by atoms with Crippen molar-refractivity contribution < 1.29 is 4.79 Å². The topological polar surface area (TPSA) is 30.0 Å².